The molecule has 0 heterocycles. The molecule has 2 aromatic rings. The van der Waals surface area contributed by atoms with Crippen molar-refractivity contribution in [3.05, 3.63) is 65.5 Å². The van der Waals surface area contributed by atoms with E-state index in [0.717, 1.165) is 18.3 Å². The molecule has 9 nitrogen and oxygen atoms in total. The number of hydrogen-bond donors (Lipinski definition) is 4. The smallest absolute Gasteiger partial charge is 0.240 e. The fourth-order valence-electron chi connectivity index (χ4n) is 4.15. The van der Waals surface area contributed by atoms with Gasteiger partial charge in [-0.1, -0.05) is 62.2 Å². The minimum Gasteiger partial charge on any atom is -0.492 e. The Morgan fingerprint density at radius 2 is 1.76 bits per heavy atom. The maximum absolute atomic E-state index is 13.7. The number of hydrogen-bond acceptors (Lipinski definition) is 7. The minimum atomic E-state index is -0.873. The lowest BCUT2D eigenvalue weighted by Crippen LogP contribution is -2.51. The summed E-state index contributed by atoms with van der Waals surface area (Å²) in [5.41, 5.74) is 2.14. The molecule has 0 saturated carbocycles. The third-order valence-electron chi connectivity index (χ3n) is 6.76. The molecule has 10 heteroatoms. The highest BCUT2D eigenvalue weighted by molar-refractivity contribution is 5.87. The molecular weight excluding hydrogens is 539 g/mol. The predicted octanol–water partition coefficient (Wildman–Crippen LogP) is 2.88. The van der Waals surface area contributed by atoms with Crippen molar-refractivity contribution in [2.45, 2.75) is 65.1 Å². The SMILES string of the molecule is CCC(C)C(C=O)NCCOc1cc(F)ccc1CCCNC(=O)CNC(=O)C(C(C)O)N(C)C.Cc1ccccc1. The summed E-state index contributed by atoms with van der Waals surface area (Å²) in [7, 11) is 3.35. The Labute approximate surface area is 250 Å². The van der Waals surface area contributed by atoms with E-state index in [1.165, 1.54) is 24.6 Å². The summed E-state index contributed by atoms with van der Waals surface area (Å²) >= 11 is 0. The number of amides is 2. The molecular formula is C32H49FN4O5. The molecule has 0 bridgehead atoms. The van der Waals surface area contributed by atoms with Gasteiger partial charge in [-0.05, 0) is 58.3 Å². The summed E-state index contributed by atoms with van der Waals surface area (Å²) < 4.78 is 19.5. The van der Waals surface area contributed by atoms with E-state index in [2.05, 4.69) is 35.0 Å². The molecule has 0 aliphatic heterocycles. The maximum Gasteiger partial charge on any atom is 0.240 e. The highest BCUT2D eigenvalue weighted by Gasteiger charge is 2.25. The van der Waals surface area contributed by atoms with Crippen molar-refractivity contribution < 1.29 is 28.6 Å². The fraction of sp³-hybridized carbons (Fsp3) is 0.531. The molecule has 234 valence electrons. The summed E-state index contributed by atoms with van der Waals surface area (Å²) in [6.45, 7) is 8.55. The highest BCUT2D eigenvalue weighted by atomic mass is 19.1. The van der Waals surface area contributed by atoms with E-state index < -0.39 is 23.9 Å². The molecule has 0 spiro atoms. The summed E-state index contributed by atoms with van der Waals surface area (Å²) in [5, 5.41) is 18.1. The average Bonchev–Trinajstić information content (AvgIpc) is 2.95. The van der Waals surface area contributed by atoms with Gasteiger partial charge in [0.15, 0.2) is 0 Å². The highest BCUT2D eigenvalue weighted by Crippen LogP contribution is 2.21. The summed E-state index contributed by atoms with van der Waals surface area (Å²) in [4.78, 5) is 37.0. The van der Waals surface area contributed by atoms with Crippen molar-refractivity contribution >= 4 is 18.1 Å². The van der Waals surface area contributed by atoms with Crippen LogP contribution < -0.4 is 20.7 Å². The van der Waals surface area contributed by atoms with Gasteiger partial charge in [0, 0.05) is 19.2 Å². The lowest BCUT2D eigenvalue weighted by Gasteiger charge is -2.25. The van der Waals surface area contributed by atoms with Crippen LogP contribution in [0, 0.1) is 18.7 Å². The number of halogens is 1. The van der Waals surface area contributed by atoms with Crippen LogP contribution in [0.1, 0.15) is 44.7 Å². The number of carbonyl (C=O) groups excluding carboxylic acids is 3. The van der Waals surface area contributed by atoms with Crippen LogP contribution >= 0.6 is 0 Å². The molecule has 2 amide bonds. The van der Waals surface area contributed by atoms with E-state index in [0.29, 0.717) is 31.7 Å². The van der Waals surface area contributed by atoms with Gasteiger partial charge in [-0.25, -0.2) is 4.39 Å². The zero-order valence-electron chi connectivity index (χ0n) is 25.9. The predicted molar refractivity (Wildman–Crippen MR) is 164 cm³/mol. The quantitative estimate of drug-likeness (QED) is 0.166. The molecule has 0 aliphatic rings. The van der Waals surface area contributed by atoms with E-state index in [4.69, 9.17) is 4.74 Å². The lowest BCUT2D eigenvalue weighted by molar-refractivity contribution is -0.131. The van der Waals surface area contributed by atoms with Crippen LogP contribution in [0.5, 0.6) is 5.75 Å². The van der Waals surface area contributed by atoms with Crippen molar-refractivity contribution in [1.29, 1.82) is 0 Å². The molecule has 2 rings (SSSR count). The van der Waals surface area contributed by atoms with Crippen LogP contribution in [0.2, 0.25) is 0 Å². The standard InChI is InChI=1S/C25H41FN4O5.C7H8/c1-6-17(2)21(16-31)27-12-13-35-22-14-20(26)10-9-19(22)8-7-11-28-23(33)15-29-25(34)24(18(3)32)30(4)5;1-7-5-3-2-4-6-7/h9-10,14,16-18,21,24,27,32H,6-8,11-13,15H2,1-5H3,(H,28,33)(H,29,34);2-6H,1H3. The van der Waals surface area contributed by atoms with E-state index in [9.17, 15) is 23.9 Å². The lowest BCUT2D eigenvalue weighted by atomic mass is 10.0. The molecule has 2 aromatic carbocycles. The number of nitrogens with one attached hydrogen (secondary N) is 3. The number of aryl methyl sites for hydroxylation is 2. The van der Waals surface area contributed by atoms with Gasteiger partial charge in [0.25, 0.3) is 0 Å². The Morgan fingerprint density at radius 1 is 1.07 bits per heavy atom. The van der Waals surface area contributed by atoms with Gasteiger partial charge in [0.1, 0.15) is 30.5 Å². The van der Waals surface area contributed by atoms with Crippen molar-refractivity contribution in [3.8, 4) is 5.75 Å². The summed E-state index contributed by atoms with van der Waals surface area (Å²) in [6, 6.07) is 13.6. The first-order chi connectivity index (χ1) is 20.0. The number of aliphatic hydroxyl groups excluding tert-OH is 1. The Balaban J connectivity index is 0.00000109. The summed E-state index contributed by atoms with van der Waals surface area (Å²) in [5.74, 6) is -0.516. The number of rotatable bonds is 17. The Morgan fingerprint density at radius 3 is 2.31 bits per heavy atom. The second kappa shape index (κ2) is 20.5. The number of carbonyl (C=O) groups is 3. The second-order valence-electron chi connectivity index (χ2n) is 10.6. The third-order valence-corrected chi connectivity index (χ3v) is 6.76. The Kier molecular flexibility index (Phi) is 17.9. The average molecular weight is 589 g/mol. The van der Waals surface area contributed by atoms with Gasteiger partial charge in [-0.2, -0.15) is 0 Å². The molecule has 4 atom stereocenters. The fourth-order valence-corrected chi connectivity index (χ4v) is 4.15. The van der Waals surface area contributed by atoms with Gasteiger partial charge >= 0.3 is 0 Å². The van der Waals surface area contributed by atoms with Gasteiger partial charge in [0.2, 0.25) is 11.8 Å². The first kappa shape index (κ1) is 36.7. The van der Waals surface area contributed by atoms with Crippen LogP contribution in [0.15, 0.2) is 48.5 Å². The van der Waals surface area contributed by atoms with Crippen molar-refractivity contribution in [1.82, 2.24) is 20.9 Å². The minimum absolute atomic E-state index is 0.188. The van der Waals surface area contributed by atoms with Crippen LogP contribution in [0.25, 0.3) is 0 Å². The number of benzene rings is 2. The number of likely N-dealkylation sites (N-methyl/N-ethyl adjacent to an activating group) is 1. The molecule has 4 unspecified atom stereocenters. The second-order valence-corrected chi connectivity index (χ2v) is 10.6. The topological polar surface area (TPSA) is 120 Å². The molecule has 42 heavy (non-hydrogen) atoms. The van der Waals surface area contributed by atoms with Gasteiger partial charge in [-0.3, -0.25) is 14.5 Å². The monoisotopic (exact) mass is 588 g/mol. The largest absolute Gasteiger partial charge is 0.492 e. The maximum atomic E-state index is 13.7. The molecule has 4 N–H and O–H groups in total. The van der Waals surface area contributed by atoms with Crippen LogP contribution in [0.4, 0.5) is 4.39 Å². The van der Waals surface area contributed by atoms with Crippen LogP contribution in [-0.4, -0.2) is 86.6 Å². The molecule has 0 radical (unpaired) electrons. The van der Waals surface area contributed by atoms with E-state index in [1.54, 1.807) is 25.1 Å². The van der Waals surface area contributed by atoms with Crippen LogP contribution in [0.3, 0.4) is 0 Å². The van der Waals surface area contributed by atoms with Gasteiger partial charge in [-0.15, -0.1) is 0 Å². The number of aldehydes is 1. The van der Waals surface area contributed by atoms with Crippen molar-refractivity contribution in [3.63, 3.8) is 0 Å². The normalized spacial score (nSPS) is 13.6. The molecule has 0 aromatic heterocycles. The zero-order valence-corrected chi connectivity index (χ0v) is 25.9. The van der Waals surface area contributed by atoms with Crippen LogP contribution in [-0.2, 0) is 20.8 Å². The zero-order chi connectivity index (χ0) is 31.5. The number of aliphatic hydroxyl groups is 1. The molecule has 0 saturated heterocycles. The molecule has 0 aliphatic carbocycles. The molecule has 0 fully saturated rings. The van der Waals surface area contributed by atoms with E-state index >= 15 is 0 Å². The van der Waals surface area contributed by atoms with Gasteiger partial charge in [0.05, 0.1) is 18.7 Å². The van der Waals surface area contributed by atoms with E-state index in [-0.39, 0.29) is 31.0 Å². The van der Waals surface area contributed by atoms with Crippen molar-refractivity contribution in [2.24, 2.45) is 5.92 Å². The Bertz CT molecular complexity index is 1060. The number of nitrogens with zero attached hydrogens (tertiary/aromatic N) is 1. The summed E-state index contributed by atoms with van der Waals surface area (Å²) in [6.07, 6.45) is 2.06. The number of ether oxygens (including phenoxy) is 1. The van der Waals surface area contributed by atoms with Crippen molar-refractivity contribution in [2.75, 3.05) is 40.3 Å². The first-order valence-electron chi connectivity index (χ1n) is 14.5. The third kappa shape index (κ3) is 14.5. The van der Waals surface area contributed by atoms with Gasteiger partial charge < -0.3 is 30.6 Å². The Hall–Kier alpha value is -3.34. The first-order valence-corrected chi connectivity index (χ1v) is 14.5. The van der Waals surface area contributed by atoms with E-state index in [1.807, 2.05) is 32.0 Å².